The van der Waals surface area contributed by atoms with Crippen LogP contribution in [0.1, 0.15) is 6.42 Å². The van der Waals surface area contributed by atoms with Crippen LogP contribution in [0.5, 0.6) is 0 Å². The molecule has 0 aliphatic carbocycles. The Labute approximate surface area is 120 Å². The minimum Gasteiger partial charge on any atom is -0.383 e. The summed E-state index contributed by atoms with van der Waals surface area (Å²) in [5, 5.41) is 2.43. The van der Waals surface area contributed by atoms with Crippen molar-refractivity contribution in [2.24, 2.45) is 5.92 Å². The van der Waals surface area contributed by atoms with Crippen LogP contribution in [0.15, 0.2) is 18.2 Å². The zero-order chi connectivity index (χ0) is 15.4. The van der Waals surface area contributed by atoms with Gasteiger partial charge in [0.25, 0.3) is 0 Å². The van der Waals surface area contributed by atoms with Gasteiger partial charge in [0.1, 0.15) is 11.6 Å². The molecule has 5 nitrogen and oxygen atoms in total. The molecule has 21 heavy (non-hydrogen) atoms. The number of hydrogen-bond acceptors (Lipinski definition) is 3. The molecule has 0 aromatic heterocycles. The number of nitrogens with zero attached hydrogens (tertiary/aromatic N) is 1. The maximum Gasteiger partial charge on any atom is 0.229 e. The first-order valence-electron chi connectivity index (χ1n) is 6.53. The van der Waals surface area contributed by atoms with Crippen LogP contribution in [-0.2, 0) is 14.3 Å². The molecule has 7 heteroatoms. The quantitative estimate of drug-likeness (QED) is 0.894. The Kier molecular flexibility index (Phi) is 4.85. The molecule has 1 aromatic carbocycles. The second-order valence-corrected chi connectivity index (χ2v) is 4.88. The van der Waals surface area contributed by atoms with E-state index in [1.807, 2.05) is 0 Å². The topological polar surface area (TPSA) is 58.6 Å². The number of amides is 2. The van der Waals surface area contributed by atoms with E-state index in [1.165, 1.54) is 7.11 Å². The fourth-order valence-corrected chi connectivity index (χ4v) is 2.24. The molecule has 2 amide bonds. The number of benzene rings is 1. The van der Waals surface area contributed by atoms with Crippen LogP contribution in [-0.4, -0.2) is 43.5 Å². The molecule has 0 saturated carbocycles. The van der Waals surface area contributed by atoms with Gasteiger partial charge in [-0.05, 0) is 12.1 Å². The molecule has 1 saturated heterocycles. The first-order valence-corrected chi connectivity index (χ1v) is 6.53. The molecule has 0 bridgehead atoms. The highest BCUT2D eigenvalue weighted by molar-refractivity contribution is 5.97. The third kappa shape index (κ3) is 3.98. The zero-order valence-corrected chi connectivity index (χ0v) is 11.6. The summed E-state index contributed by atoms with van der Waals surface area (Å²) in [6.45, 7) is 1.11. The van der Waals surface area contributed by atoms with Crippen molar-refractivity contribution in [3.05, 3.63) is 29.8 Å². The van der Waals surface area contributed by atoms with E-state index in [0.29, 0.717) is 13.2 Å². The summed E-state index contributed by atoms with van der Waals surface area (Å²) < 4.78 is 31.0. The molecule has 1 aromatic rings. The Balaban J connectivity index is 1.96. The predicted molar refractivity (Wildman–Crippen MR) is 71.6 cm³/mol. The number of methoxy groups -OCH3 is 1. The summed E-state index contributed by atoms with van der Waals surface area (Å²) in [4.78, 5) is 25.3. The monoisotopic (exact) mass is 298 g/mol. The van der Waals surface area contributed by atoms with E-state index >= 15 is 0 Å². The molecule has 0 radical (unpaired) electrons. The van der Waals surface area contributed by atoms with Crippen molar-refractivity contribution in [3.8, 4) is 0 Å². The maximum absolute atomic E-state index is 13.1. The highest BCUT2D eigenvalue weighted by Gasteiger charge is 2.34. The third-order valence-corrected chi connectivity index (χ3v) is 3.28. The first-order chi connectivity index (χ1) is 9.99. The average Bonchev–Trinajstić information content (AvgIpc) is 2.76. The molecule has 1 heterocycles. The van der Waals surface area contributed by atoms with E-state index in [1.54, 1.807) is 4.90 Å². The molecule has 114 valence electrons. The summed E-state index contributed by atoms with van der Waals surface area (Å²) >= 11 is 0. The van der Waals surface area contributed by atoms with Crippen molar-refractivity contribution in [2.75, 3.05) is 32.1 Å². The average molecular weight is 298 g/mol. The molecule has 1 fully saturated rings. The molecule has 1 aliphatic rings. The summed E-state index contributed by atoms with van der Waals surface area (Å²) in [5.41, 5.74) is 0.0419. The highest BCUT2D eigenvalue weighted by atomic mass is 19.1. The van der Waals surface area contributed by atoms with Gasteiger partial charge >= 0.3 is 0 Å². The van der Waals surface area contributed by atoms with Crippen LogP contribution in [0.3, 0.4) is 0 Å². The number of likely N-dealkylation sites (tertiary alicyclic amines) is 1. The lowest BCUT2D eigenvalue weighted by molar-refractivity contribution is -0.128. The standard InChI is InChI=1S/C14H16F2N2O3/c1-21-3-2-18-8-9(4-13(18)19)14(20)17-12-6-10(15)5-11(16)7-12/h5-7,9H,2-4,8H2,1H3,(H,17,20). The smallest absolute Gasteiger partial charge is 0.229 e. The van der Waals surface area contributed by atoms with Crippen LogP contribution in [0.2, 0.25) is 0 Å². The van der Waals surface area contributed by atoms with Gasteiger partial charge in [-0.15, -0.1) is 0 Å². The predicted octanol–water partition coefficient (Wildman–Crippen LogP) is 1.40. The Bertz CT molecular complexity index is 531. The van der Waals surface area contributed by atoms with Gasteiger partial charge in [0.15, 0.2) is 0 Å². The Hall–Kier alpha value is -2.02. The summed E-state index contributed by atoms with van der Waals surface area (Å²) in [7, 11) is 1.53. The Morgan fingerprint density at radius 3 is 2.67 bits per heavy atom. The van der Waals surface area contributed by atoms with Crippen molar-refractivity contribution >= 4 is 17.5 Å². The van der Waals surface area contributed by atoms with Crippen molar-refractivity contribution in [2.45, 2.75) is 6.42 Å². The number of halogens is 2. The van der Waals surface area contributed by atoms with Crippen molar-refractivity contribution in [1.29, 1.82) is 0 Å². The van der Waals surface area contributed by atoms with Crippen molar-refractivity contribution in [1.82, 2.24) is 4.90 Å². The molecule has 1 N–H and O–H groups in total. The number of ether oxygens (including phenoxy) is 1. The molecular formula is C14H16F2N2O3. The second-order valence-electron chi connectivity index (χ2n) is 4.88. The minimum atomic E-state index is -0.769. The van der Waals surface area contributed by atoms with E-state index in [-0.39, 0.29) is 24.6 Å². The van der Waals surface area contributed by atoms with E-state index in [0.717, 1.165) is 18.2 Å². The summed E-state index contributed by atoms with van der Waals surface area (Å²) in [6.07, 6.45) is 0.0906. The second kappa shape index (κ2) is 6.62. The fourth-order valence-electron chi connectivity index (χ4n) is 2.24. The summed E-state index contributed by atoms with van der Waals surface area (Å²) in [6, 6.07) is 2.78. The van der Waals surface area contributed by atoms with Crippen molar-refractivity contribution < 1.29 is 23.1 Å². The van der Waals surface area contributed by atoms with Gasteiger partial charge in [-0.3, -0.25) is 9.59 Å². The van der Waals surface area contributed by atoms with Gasteiger partial charge in [0.2, 0.25) is 11.8 Å². The zero-order valence-electron chi connectivity index (χ0n) is 11.6. The minimum absolute atomic E-state index is 0.0419. The normalized spacial score (nSPS) is 18.1. The van der Waals surface area contributed by atoms with Gasteiger partial charge in [-0.2, -0.15) is 0 Å². The highest BCUT2D eigenvalue weighted by Crippen LogP contribution is 2.20. The van der Waals surface area contributed by atoms with Gasteiger partial charge in [-0.25, -0.2) is 8.78 Å². The fraction of sp³-hybridized carbons (Fsp3) is 0.429. The number of rotatable bonds is 5. The van der Waals surface area contributed by atoms with E-state index < -0.39 is 23.5 Å². The van der Waals surface area contributed by atoms with E-state index in [9.17, 15) is 18.4 Å². The number of hydrogen-bond donors (Lipinski definition) is 1. The lowest BCUT2D eigenvalue weighted by atomic mass is 10.1. The van der Waals surface area contributed by atoms with Gasteiger partial charge < -0.3 is 15.0 Å². The molecular weight excluding hydrogens is 282 g/mol. The lowest BCUT2D eigenvalue weighted by Crippen LogP contribution is -2.30. The Morgan fingerprint density at radius 1 is 1.38 bits per heavy atom. The largest absolute Gasteiger partial charge is 0.383 e. The van der Waals surface area contributed by atoms with Crippen LogP contribution in [0.4, 0.5) is 14.5 Å². The number of anilines is 1. The van der Waals surface area contributed by atoms with Gasteiger partial charge in [0.05, 0.1) is 12.5 Å². The van der Waals surface area contributed by atoms with Crippen LogP contribution in [0, 0.1) is 17.6 Å². The molecule has 1 aliphatic heterocycles. The summed E-state index contributed by atoms with van der Waals surface area (Å²) in [5.74, 6) is -2.62. The third-order valence-electron chi connectivity index (χ3n) is 3.28. The van der Waals surface area contributed by atoms with E-state index in [2.05, 4.69) is 5.32 Å². The lowest BCUT2D eigenvalue weighted by Gasteiger charge is -2.15. The SMILES string of the molecule is COCCN1CC(C(=O)Nc2cc(F)cc(F)c2)CC1=O. The van der Waals surface area contributed by atoms with Crippen LogP contribution < -0.4 is 5.32 Å². The van der Waals surface area contributed by atoms with Crippen LogP contribution >= 0.6 is 0 Å². The number of carbonyl (C=O) groups excluding carboxylic acids is 2. The number of carbonyl (C=O) groups is 2. The van der Waals surface area contributed by atoms with E-state index in [4.69, 9.17) is 4.74 Å². The molecule has 0 spiro atoms. The van der Waals surface area contributed by atoms with Gasteiger partial charge in [-0.1, -0.05) is 0 Å². The molecule has 1 atom stereocenters. The van der Waals surface area contributed by atoms with Crippen molar-refractivity contribution in [3.63, 3.8) is 0 Å². The van der Waals surface area contributed by atoms with Crippen LogP contribution in [0.25, 0.3) is 0 Å². The molecule has 2 rings (SSSR count). The Morgan fingerprint density at radius 2 is 2.05 bits per heavy atom. The molecule has 1 unspecified atom stereocenters. The maximum atomic E-state index is 13.1. The van der Waals surface area contributed by atoms with Gasteiger partial charge in [0, 0.05) is 38.4 Å². The number of nitrogens with one attached hydrogen (secondary N) is 1. The first kappa shape index (κ1) is 15.4.